The van der Waals surface area contributed by atoms with E-state index in [-0.39, 0.29) is 6.09 Å². The van der Waals surface area contributed by atoms with Gasteiger partial charge in [0.1, 0.15) is 10.6 Å². The summed E-state index contributed by atoms with van der Waals surface area (Å²) in [5, 5.41) is 6.83. The molecule has 2 heterocycles. The summed E-state index contributed by atoms with van der Waals surface area (Å²) in [7, 11) is 0. The van der Waals surface area contributed by atoms with Crippen molar-refractivity contribution in [3.8, 4) is 0 Å². The molecule has 1 aliphatic heterocycles. The number of likely N-dealkylation sites (tertiary alicyclic amines) is 1. The van der Waals surface area contributed by atoms with Gasteiger partial charge in [0.05, 0.1) is 6.04 Å². The van der Waals surface area contributed by atoms with Gasteiger partial charge in [-0.05, 0) is 52.5 Å². The van der Waals surface area contributed by atoms with Crippen molar-refractivity contribution in [2.24, 2.45) is 5.92 Å². The fourth-order valence-electron chi connectivity index (χ4n) is 2.77. The zero-order valence-electron chi connectivity index (χ0n) is 14.7. The van der Waals surface area contributed by atoms with Crippen molar-refractivity contribution in [2.45, 2.75) is 58.6 Å². The third kappa shape index (κ3) is 5.77. The van der Waals surface area contributed by atoms with Gasteiger partial charge in [0, 0.05) is 24.7 Å². The Labute approximate surface area is 143 Å². The molecular weight excluding hydrogens is 310 g/mol. The van der Waals surface area contributed by atoms with Gasteiger partial charge in [0.25, 0.3) is 0 Å². The van der Waals surface area contributed by atoms with Gasteiger partial charge in [-0.15, -0.1) is 11.3 Å². The van der Waals surface area contributed by atoms with Crippen molar-refractivity contribution in [2.75, 3.05) is 19.6 Å². The van der Waals surface area contributed by atoms with Crippen LogP contribution in [0.5, 0.6) is 0 Å². The highest BCUT2D eigenvalue weighted by Crippen LogP contribution is 2.22. The molecule has 1 fully saturated rings. The number of hydrogen-bond acceptors (Lipinski definition) is 5. The number of nitrogens with zero attached hydrogens (tertiary/aromatic N) is 2. The maximum absolute atomic E-state index is 12.1. The van der Waals surface area contributed by atoms with Crippen LogP contribution in [0.15, 0.2) is 11.6 Å². The maximum Gasteiger partial charge on any atom is 0.410 e. The molecule has 0 saturated carbocycles. The molecule has 2 rings (SSSR count). The molecule has 1 atom stereocenters. The highest BCUT2D eigenvalue weighted by molar-refractivity contribution is 7.09. The second-order valence-corrected chi connectivity index (χ2v) is 8.08. The quantitative estimate of drug-likeness (QED) is 0.886. The third-order valence-electron chi connectivity index (χ3n) is 4.08. The standard InChI is InChI=1S/C17H29N3O2S/c1-5-14(15-18-8-11-23-15)19-12-13-6-9-20(10-7-13)16(21)22-17(2,3)4/h8,11,13-14,19H,5-7,9-10,12H2,1-4H3. The molecular formula is C17H29N3O2S. The smallest absolute Gasteiger partial charge is 0.410 e. The molecule has 0 aliphatic carbocycles. The Morgan fingerprint density at radius 3 is 2.70 bits per heavy atom. The van der Waals surface area contributed by atoms with Crippen LogP contribution in [0.3, 0.4) is 0 Å². The van der Waals surface area contributed by atoms with Gasteiger partial charge < -0.3 is 15.0 Å². The molecule has 6 heteroatoms. The van der Waals surface area contributed by atoms with E-state index < -0.39 is 5.60 Å². The van der Waals surface area contributed by atoms with E-state index in [1.807, 2.05) is 37.2 Å². The van der Waals surface area contributed by atoms with Crippen LogP contribution in [0.25, 0.3) is 0 Å². The number of hydrogen-bond donors (Lipinski definition) is 1. The molecule has 0 aromatic carbocycles. The maximum atomic E-state index is 12.1. The number of rotatable bonds is 5. The highest BCUT2D eigenvalue weighted by Gasteiger charge is 2.27. The molecule has 1 saturated heterocycles. The molecule has 1 aliphatic rings. The fourth-order valence-corrected chi connectivity index (χ4v) is 3.57. The lowest BCUT2D eigenvalue weighted by Crippen LogP contribution is -2.43. The predicted molar refractivity (Wildman–Crippen MR) is 93.7 cm³/mol. The van der Waals surface area contributed by atoms with Crippen LogP contribution < -0.4 is 5.32 Å². The first-order valence-electron chi connectivity index (χ1n) is 8.49. The summed E-state index contributed by atoms with van der Waals surface area (Å²) < 4.78 is 5.44. The summed E-state index contributed by atoms with van der Waals surface area (Å²) in [5.41, 5.74) is -0.419. The molecule has 0 radical (unpaired) electrons. The summed E-state index contributed by atoms with van der Waals surface area (Å²) in [6, 6.07) is 0.346. The van der Waals surface area contributed by atoms with E-state index in [1.54, 1.807) is 11.3 Å². The van der Waals surface area contributed by atoms with E-state index in [4.69, 9.17) is 4.74 Å². The van der Waals surface area contributed by atoms with Crippen LogP contribution in [0.2, 0.25) is 0 Å². The zero-order chi connectivity index (χ0) is 16.9. The molecule has 1 aromatic heterocycles. The summed E-state index contributed by atoms with van der Waals surface area (Å²) in [5.74, 6) is 0.614. The fraction of sp³-hybridized carbons (Fsp3) is 0.765. The van der Waals surface area contributed by atoms with Crippen molar-refractivity contribution in [3.05, 3.63) is 16.6 Å². The van der Waals surface area contributed by atoms with E-state index in [9.17, 15) is 4.79 Å². The van der Waals surface area contributed by atoms with Crippen LogP contribution in [-0.2, 0) is 4.74 Å². The number of ether oxygens (including phenoxy) is 1. The Morgan fingerprint density at radius 1 is 1.48 bits per heavy atom. The molecule has 0 bridgehead atoms. The minimum absolute atomic E-state index is 0.182. The number of carbonyl (C=O) groups excluding carboxylic acids is 1. The average molecular weight is 340 g/mol. The molecule has 1 amide bonds. The average Bonchev–Trinajstić information content (AvgIpc) is 3.01. The van der Waals surface area contributed by atoms with Gasteiger partial charge >= 0.3 is 6.09 Å². The number of piperidine rings is 1. The van der Waals surface area contributed by atoms with Crippen molar-refractivity contribution in [3.63, 3.8) is 0 Å². The molecule has 1 N–H and O–H groups in total. The van der Waals surface area contributed by atoms with Gasteiger partial charge in [0.2, 0.25) is 0 Å². The van der Waals surface area contributed by atoms with Gasteiger partial charge in [-0.2, -0.15) is 0 Å². The summed E-state index contributed by atoms with van der Waals surface area (Å²) in [6.07, 6.45) is 4.78. The van der Waals surface area contributed by atoms with Gasteiger partial charge in [-0.25, -0.2) is 9.78 Å². The lowest BCUT2D eigenvalue weighted by Gasteiger charge is -2.34. The molecule has 1 unspecified atom stereocenters. The van der Waals surface area contributed by atoms with Gasteiger partial charge in [-0.1, -0.05) is 6.92 Å². The number of thiazole rings is 1. The lowest BCUT2D eigenvalue weighted by atomic mass is 9.96. The highest BCUT2D eigenvalue weighted by atomic mass is 32.1. The molecule has 5 nitrogen and oxygen atoms in total. The topological polar surface area (TPSA) is 54.5 Å². The minimum atomic E-state index is -0.419. The number of nitrogens with one attached hydrogen (secondary N) is 1. The molecule has 23 heavy (non-hydrogen) atoms. The predicted octanol–water partition coefficient (Wildman–Crippen LogP) is 3.83. The van der Waals surface area contributed by atoms with Crippen molar-refractivity contribution < 1.29 is 9.53 Å². The van der Waals surface area contributed by atoms with Gasteiger partial charge in [0.15, 0.2) is 0 Å². The van der Waals surface area contributed by atoms with E-state index in [0.717, 1.165) is 38.9 Å². The summed E-state index contributed by atoms with van der Waals surface area (Å²) >= 11 is 1.71. The molecule has 0 spiro atoms. The van der Waals surface area contributed by atoms with Gasteiger partial charge in [-0.3, -0.25) is 0 Å². The Balaban J connectivity index is 1.73. The SMILES string of the molecule is CCC(NCC1CCN(C(=O)OC(C)(C)C)CC1)c1nccs1. The second kappa shape index (κ2) is 8.11. The van der Waals surface area contributed by atoms with E-state index in [2.05, 4.69) is 17.2 Å². The molecule has 1 aromatic rings. The Hall–Kier alpha value is -1.14. The van der Waals surface area contributed by atoms with E-state index in [1.165, 1.54) is 5.01 Å². The van der Waals surface area contributed by atoms with Crippen LogP contribution in [0.4, 0.5) is 4.79 Å². The Kier molecular flexibility index (Phi) is 6.41. The monoisotopic (exact) mass is 339 g/mol. The van der Waals surface area contributed by atoms with Crippen LogP contribution >= 0.6 is 11.3 Å². The number of carbonyl (C=O) groups is 1. The normalized spacial score (nSPS) is 18.0. The first-order chi connectivity index (χ1) is 10.9. The zero-order valence-corrected chi connectivity index (χ0v) is 15.5. The van der Waals surface area contributed by atoms with E-state index >= 15 is 0 Å². The van der Waals surface area contributed by atoms with Crippen molar-refractivity contribution >= 4 is 17.4 Å². The lowest BCUT2D eigenvalue weighted by molar-refractivity contribution is 0.0183. The van der Waals surface area contributed by atoms with Crippen molar-refractivity contribution in [1.82, 2.24) is 15.2 Å². The first kappa shape index (κ1) is 18.2. The minimum Gasteiger partial charge on any atom is -0.444 e. The summed E-state index contributed by atoms with van der Waals surface area (Å²) in [6.45, 7) is 10.5. The second-order valence-electron chi connectivity index (χ2n) is 7.15. The Bertz CT molecular complexity index is 477. The van der Waals surface area contributed by atoms with Crippen LogP contribution in [-0.4, -0.2) is 41.2 Å². The molecule has 130 valence electrons. The van der Waals surface area contributed by atoms with E-state index in [0.29, 0.717) is 12.0 Å². The van der Waals surface area contributed by atoms with Crippen LogP contribution in [0.1, 0.15) is 58.0 Å². The Morgan fingerprint density at radius 2 is 2.17 bits per heavy atom. The summed E-state index contributed by atoms with van der Waals surface area (Å²) in [4.78, 5) is 18.3. The van der Waals surface area contributed by atoms with Crippen molar-refractivity contribution in [1.29, 1.82) is 0 Å². The third-order valence-corrected chi connectivity index (χ3v) is 4.97. The number of aromatic nitrogens is 1. The number of amides is 1. The van der Waals surface area contributed by atoms with Crippen LogP contribution in [0, 0.1) is 5.92 Å². The largest absolute Gasteiger partial charge is 0.444 e. The first-order valence-corrected chi connectivity index (χ1v) is 9.37.